The van der Waals surface area contributed by atoms with Gasteiger partial charge in [0.2, 0.25) is 0 Å². The molecular weight excluding hydrogens is 370 g/mol. The first-order valence-corrected chi connectivity index (χ1v) is 9.04. The molecule has 0 fully saturated rings. The highest BCUT2D eigenvalue weighted by Crippen LogP contribution is 2.12. The monoisotopic (exact) mass is 389 g/mol. The van der Waals surface area contributed by atoms with Crippen LogP contribution in [0.1, 0.15) is 40.5 Å². The first-order chi connectivity index (χ1) is 12.5. The molecule has 0 aromatic heterocycles. The SMILES string of the molecule is CCCCNC(=O)c1cccc(NC(=S)NC(=O)c2cccc(Cl)c2)c1. The fraction of sp³-hybridized carbons (Fsp3) is 0.211. The van der Waals surface area contributed by atoms with Crippen molar-refractivity contribution in [1.29, 1.82) is 0 Å². The van der Waals surface area contributed by atoms with Gasteiger partial charge in [0.1, 0.15) is 0 Å². The summed E-state index contributed by atoms with van der Waals surface area (Å²) in [5.41, 5.74) is 1.55. The molecule has 7 heteroatoms. The number of nitrogens with one attached hydrogen (secondary N) is 3. The number of halogens is 1. The van der Waals surface area contributed by atoms with Gasteiger partial charge < -0.3 is 10.6 Å². The van der Waals surface area contributed by atoms with Gasteiger partial charge in [-0.25, -0.2) is 0 Å². The molecule has 2 rings (SSSR count). The van der Waals surface area contributed by atoms with Crippen LogP contribution in [-0.4, -0.2) is 23.5 Å². The van der Waals surface area contributed by atoms with Gasteiger partial charge in [0.25, 0.3) is 11.8 Å². The molecule has 136 valence electrons. The Hall–Kier alpha value is -2.44. The maximum Gasteiger partial charge on any atom is 0.257 e. The molecule has 0 radical (unpaired) electrons. The summed E-state index contributed by atoms with van der Waals surface area (Å²) in [6, 6.07) is 13.5. The van der Waals surface area contributed by atoms with E-state index in [1.807, 2.05) is 0 Å². The van der Waals surface area contributed by atoms with Crippen LogP contribution in [0.3, 0.4) is 0 Å². The van der Waals surface area contributed by atoms with Crippen LogP contribution >= 0.6 is 23.8 Å². The van der Waals surface area contributed by atoms with E-state index in [9.17, 15) is 9.59 Å². The Morgan fingerprint density at radius 3 is 2.42 bits per heavy atom. The molecule has 0 bridgehead atoms. The number of thiocarbonyl (C=S) groups is 1. The lowest BCUT2D eigenvalue weighted by atomic mass is 10.2. The second kappa shape index (κ2) is 9.89. The van der Waals surface area contributed by atoms with Crippen molar-refractivity contribution in [2.24, 2.45) is 0 Å². The summed E-state index contributed by atoms with van der Waals surface area (Å²) in [5.74, 6) is -0.505. The number of benzene rings is 2. The molecule has 2 aromatic rings. The molecular formula is C19H20ClN3O2S. The normalized spacial score (nSPS) is 10.1. The molecule has 2 amide bonds. The second-order valence-corrected chi connectivity index (χ2v) is 6.45. The Labute approximate surface area is 163 Å². The Kier molecular flexibility index (Phi) is 7.56. The van der Waals surface area contributed by atoms with Crippen LogP contribution < -0.4 is 16.0 Å². The molecule has 0 saturated heterocycles. The number of hydrogen-bond acceptors (Lipinski definition) is 3. The Morgan fingerprint density at radius 2 is 1.73 bits per heavy atom. The third-order valence-electron chi connectivity index (χ3n) is 3.51. The summed E-state index contributed by atoms with van der Waals surface area (Å²) in [4.78, 5) is 24.3. The smallest absolute Gasteiger partial charge is 0.257 e. The molecule has 3 N–H and O–H groups in total. The molecule has 0 aliphatic rings. The molecule has 26 heavy (non-hydrogen) atoms. The van der Waals surface area contributed by atoms with Crippen LogP contribution in [0.4, 0.5) is 5.69 Å². The number of rotatable bonds is 6. The molecule has 0 heterocycles. The van der Waals surface area contributed by atoms with Crippen LogP contribution in [-0.2, 0) is 0 Å². The quantitative estimate of drug-likeness (QED) is 0.516. The number of unbranched alkanes of at least 4 members (excludes halogenated alkanes) is 1. The third kappa shape index (κ3) is 6.13. The lowest BCUT2D eigenvalue weighted by Crippen LogP contribution is -2.34. The van der Waals surface area contributed by atoms with Crippen LogP contribution in [0, 0.1) is 0 Å². The van der Waals surface area contributed by atoms with E-state index in [2.05, 4.69) is 22.9 Å². The van der Waals surface area contributed by atoms with Crippen LogP contribution in [0.5, 0.6) is 0 Å². The predicted octanol–water partition coefficient (Wildman–Crippen LogP) is 4.00. The van der Waals surface area contributed by atoms with Gasteiger partial charge in [-0.2, -0.15) is 0 Å². The topological polar surface area (TPSA) is 70.2 Å². The summed E-state index contributed by atoms with van der Waals surface area (Å²) in [7, 11) is 0. The molecule has 0 atom stereocenters. The first-order valence-electron chi connectivity index (χ1n) is 8.25. The average molecular weight is 390 g/mol. The summed E-state index contributed by atoms with van der Waals surface area (Å²) >= 11 is 11.0. The van der Waals surface area contributed by atoms with Gasteiger partial charge in [0, 0.05) is 28.4 Å². The van der Waals surface area contributed by atoms with Crippen LogP contribution in [0.15, 0.2) is 48.5 Å². The molecule has 0 unspecified atom stereocenters. The van der Waals surface area contributed by atoms with Crippen molar-refractivity contribution in [3.8, 4) is 0 Å². The van der Waals surface area contributed by atoms with Crippen molar-refractivity contribution >= 4 is 46.4 Å². The van der Waals surface area contributed by atoms with Crippen molar-refractivity contribution in [3.05, 3.63) is 64.7 Å². The number of hydrogen-bond donors (Lipinski definition) is 3. The molecule has 0 aliphatic heterocycles. The van der Waals surface area contributed by atoms with Crippen molar-refractivity contribution in [1.82, 2.24) is 10.6 Å². The van der Waals surface area contributed by atoms with Crippen LogP contribution in [0.2, 0.25) is 5.02 Å². The average Bonchev–Trinajstić information content (AvgIpc) is 2.62. The van der Waals surface area contributed by atoms with Gasteiger partial charge in [-0.3, -0.25) is 14.9 Å². The van der Waals surface area contributed by atoms with E-state index in [-0.39, 0.29) is 16.9 Å². The van der Waals surface area contributed by atoms with Crippen molar-refractivity contribution < 1.29 is 9.59 Å². The minimum absolute atomic E-state index is 0.138. The minimum Gasteiger partial charge on any atom is -0.352 e. The standard InChI is InChI=1S/C19H20ClN3O2S/c1-2-3-10-21-17(24)14-7-5-9-16(12-14)22-19(26)23-18(25)13-6-4-8-15(20)11-13/h4-9,11-12H,2-3,10H2,1H3,(H,21,24)(H2,22,23,25,26). The molecule has 0 aliphatic carbocycles. The number of amides is 2. The van der Waals surface area contributed by atoms with Crippen molar-refractivity contribution in [2.75, 3.05) is 11.9 Å². The van der Waals surface area contributed by atoms with Crippen molar-refractivity contribution in [2.45, 2.75) is 19.8 Å². The summed E-state index contributed by atoms with van der Waals surface area (Å²) in [5, 5.41) is 8.96. The number of anilines is 1. The highest BCUT2D eigenvalue weighted by atomic mass is 35.5. The fourth-order valence-corrected chi connectivity index (χ4v) is 2.59. The van der Waals surface area contributed by atoms with E-state index in [1.54, 1.807) is 48.5 Å². The number of carbonyl (C=O) groups is 2. The van der Waals surface area contributed by atoms with E-state index in [4.69, 9.17) is 23.8 Å². The zero-order valence-electron chi connectivity index (χ0n) is 14.3. The molecule has 5 nitrogen and oxygen atoms in total. The fourth-order valence-electron chi connectivity index (χ4n) is 2.19. The lowest BCUT2D eigenvalue weighted by molar-refractivity contribution is 0.0950. The Bertz CT molecular complexity index is 811. The predicted molar refractivity (Wildman–Crippen MR) is 109 cm³/mol. The maximum absolute atomic E-state index is 12.2. The van der Waals surface area contributed by atoms with Gasteiger partial charge in [0.05, 0.1) is 0 Å². The Balaban J connectivity index is 1.95. The summed E-state index contributed by atoms with van der Waals surface area (Å²) < 4.78 is 0. The van der Waals surface area contributed by atoms with E-state index >= 15 is 0 Å². The van der Waals surface area contributed by atoms with Gasteiger partial charge >= 0.3 is 0 Å². The lowest BCUT2D eigenvalue weighted by Gasteiger charge is -2.11. The van der Waals surface area contributed by atoms with E-state index in [0.717, 1.165) is 12.8 Å². The highest BCUT2D eigenvalue weighted by molar-refractivity contribution is 7.80. The summed E-state index contributed by atoms with van der Waals surface area (Å²) in [6.45, 7) is 2.70. The second-order valence-electron chi connectivity index (χ2n) is 5.61. The largest absolute Gasteiger partial charge is 0.352 e. The molecule has 0 saturated carbocycles. The van der Waals surface area contributed by atoms with Gasteiger partial charge in [-0.15, -0.1) is 0 Å². The summed E-state index contributed by atoms with van der Waals surface area (Å²) in [6.07, 6.45) is 1.95. The highest BCUT2D eigenvalue weighted by Gasteiger charge is 2.10. The zero-order chi connectivity index (χ0) is 18.9. The molecule has 0 spiro atoms. The van der Waals surface area contributed by atoms with Gasteiger partial charge in [-0.1, -0.05) is 37.1 Å². The van der Waals surface area contributed by atoms with E-state index in [0.29, 0.717) is 28.4 Å². The van der Waals surface area contributed by atoms with Crippen molar-refractivity contribution in [3.63, 3.8) is 0 Å². The maximum atomic E-state index is 12.2. The van der Waals surface area contributed by atoms with Gasteiger partial charge in [0.15, 0.2) is 5.11 Å². The minimum atomic E-state index is -0.363. The van der Waals surface area contributed by atoms with Gasteiger partial charge in [-0.05, 0) is 55.0 Å². The van der Waals surface area contributed by atoms with E-state index in [1.165, 1.54) is 0 Å². The van der Waals surface area contributed by atoms with E-state index < -0.39 is 0 Å². The van der Waals surface area contributed by atoms with Crippen LogP contribution in [0.25, 0.3) is 0 Å². The third-order valence-corrected chi connectivity index (χ3v) is 3.95. The number of carbonyl (C=O) groups excluding carboxylic acids is 2. The molecule has 2 aromatic carbocycles. The first kappa shape index (κ1) is 19.9. The zero-order valence-corrected chi connectivity index (χ0v) is 15.9. The Morgan fingerprint density at radius 1 is 1.04 bits per heavy atom.